The number of hydrogen-bond acceptors (Lipinski definition) is 3. The fraction of sp³-hybridized carbons (Fsp3) is 0.118. The molecule has 0 aliphatic heterocycles. The summed E-state index contributed by atoms with van der Waals surface area (Å²) in [5, 5.41) is 6.37. The van der Waals surface area contributed by atoms with Gasteiger partial charge in [-0.25, -0.2) is 5.43 Å². The lowest BCUT2D eigenvalue weighted by Gasteiger charge is -2.08. The first-order valence-electron chi connectivity index (χ1n) is 7.08. The lowest BCUT2D eigenvalue weighted by molar-refractivity contribution is -0.136. The van der Waals surface area contributed by atoms with E-state index in [1.54, 1.807) is 12.1 Å². The van der Waals surface area contributed by atoms with Crippen LogP contribution in [0.5, 0.6) is 0 Å². The molecule has 0 saturated carbocycles. The second kappa shape index (κ2) is 8.24. The Balaban J connectivity index is 1.94. The molecule has 2 rings (SSSR count). The molecule has 0 fully saturated rings. The van der Waals surface area contributed by atoms with Gasteiger partial charge in [-0.2, -0.15) is 5.10 Å². The summed E-state index contributed by atoms with van der Waals surface area (Å²) in [4.78, 5) is 23.6. The molecule has 0 atom stereocenters. The second-order valence-corrected chi connectivity index (χ2v) is 5.63. The number of halogens is 1. The highest BCUT2D eigenvalue weighted by Gasteiger charge is 2.14. The van der Waals surface area contributed by atoms with Crippen molar-refractivity contribution >= 4 is 39.6 Å². The summed E-state index contributed by atoms with van der Waals surface area (Å²) in [6.07, 6.45) is 2.23. The summed E-state index contributed by atoms with van der Waals surface area (Å²) < 4.78 is 0.904. The highest BCUT2D eigenvalue weighted by molar-refractivity contribution is 9.10. The van der Waals surface area contributed by atoms with Crippen LogP contribution in [0.3, 0.4) is 0 Å². The van der Waals surface area contributed by atoms with Crippen molar-refractivity contribution in [2.75, 3.05) is 5.32 Å². The standard InChI is InChI=1S/C17H16BrN3O2/c1-2-13-7-3-4-9-15(13)20-16(22)17(23)21-19-11-12-6-5-8-14(18)10-12/h3-11H,2H2,1H3,(H,20,22)(H,21,23)/b19-11+. The van der Waals surface area contributed by atoms with E-state index < -0.39 is 11.8 Å². The van der Waals surface area contributed by atoms with E-state index in [-0.39, 0.29) is 0 Å². The third-order valence-corrected chi connectivity index (χ3v) is 3.57. The Morgan fingerprint density at radius 1 is 1.13 bits per heavy atom. The molecule has 5 nitrogen and oxygen atoms in total. The van der Waals surface area contributed by atoms with Crippen molar-refractivity contribution in [2.45, 2.75) is 13.3 Å². The maximum Gasteiger partial charge on any atom is 0.329 e. The Bertz CT molecular complexity index is 744. The Morgan fingerprint density at radius 3 is 2.65 bits per heavy atom. The number of anilines is 1. The molecule has 0 aliphatic rings. The normalized spacial score (nSPS) is 10.5. The minimum Gasteiger partial charge on any atom is -0.317 e. The van der Waals surface area contributed by atoms with Crippen LogP contribution in [0.2, 0.25) is 0 Å². The predicted octanol–water partition coefficient (Wildman–Crippen LogP) is 3.10. The van der Waals surface area contributed by atoms with Crippen LogP contribution in [0.1, 0.15) is 18.1 Å². The van der Waals surface area contributed by atoms with Crippen LogP contribution in [0.4, 0.5) is 5.69 Å². The van der Waals surface area contributed by atoms with Gasteiger partial charge in [-0.15, -0.1) is 0 Å². The highest BCUT2D eigenvalue weighted by atomic mass is 79.9. The van der Waals surface area contributed by atoms with Gasteiger partial charge in [-0.1, -0.05) is 53.2 Å². The Hall–Kier alpha value is -2.47. The van der Waals surface area contributed by atoms with Gasteiger partial charge in [0.2, 0.25) is 0 Å². The summed E-state index contributed by atoms with van der Waals surface area (Å²) in [5.41, 5.74) is 4.61. The molecule has 0 unspecified atom stereocenters. The van der Waals surface area contributed by atoms with E-state index in [4.69, 9.17) is 0 Å². The van der Waals surface area contributed by atoms with Gasteiger partial charge in [-0.3, -0.25) is 9.59 Å². The van der Waals surface area contributed by atoms with E-state index in [9.17, 15) is 9.59 Å². The van der Waals surface area contributed by atoms with Crippen molar-refractivity contribution in [3.8, 4) is 0 Å². The minimum atomic E-state index is -0.817. The van der Waals surface area contributed by atoms with Gasteiger partial charge >= 0.3 is 11.8 Å². The number of amides is 2. The smallest absolute Gasteiger partial charge is 0.317 e. The number of benzene rings is 2. The molecule has 0 bridgehead atoms. The van der Waals surface area contributed by atoms with Crippen LogP contribution in [0, 0.1) is 0 Å². The SMILES string of the molecule is CCc1ccccc1NC(=O)C(=O)N/N=C/c1cccc(Br)c1. The topological polar surface area (TPSA) is 70.6 Å². The Morgan fingerprint density at radius 2 is 1.91 bits per heavy atom. The van der Waals surface area contributed by atoms with Crippen LogP contribution >= 0.6 is 15.9 Å². The number of carbonyl (C=O) groups is 2. The zero-order valence-electron chi connectivity index (χ0n) is 12.5. The minimum absolute atomic E-state index is 0.631. The van der Waals surface area contributed by atoms with Gasteiger partial charge in [0.05, 0.1) is 6.21 Å². The Labute approximate surface area is 142 Å². The van der Waals surface area contributed by atoms with Crippen molar-refractivity contribution in [3.63, 3.8) is 0 Å². The first-order valence-corrected chi connectivity index (χ1v) is 7.87. The van der Waals surface area contributed by atoms with Crippen molar-refractivity contribution in [1.82, 2.24) is 5.43 Å². The highest BCUT2D eigenvalue weighted by Crippen LogP contribution is 2.15. The average Bonchev–Trinajstić information content (AvgIpc) is 2.55. The summed E-state index contributed by atoms with van der Waals surface area (Å²) >= 11 is 3.34. The van der Waals surface area contributed by atoms with E-state index in [0.717, 1.165) is 22.0 Å². The van der Waals surface area contributed by atoms with Crippen LogP contribution in [-0.2, 0) is 16.0 Å². The molecule has 0 saturated heterocycles. The van der Waals surface area contributed by atoms with E-state index in [0.29, 0.717) is 5.69 Å². The zero-order valence-corrected chi connectivity index (χ0v) is 14.1. The molecule has 0 aliphatic carbocycles. The molecule has 6 heteroatoms. The molecule has 23 heavy (non-hydrogen) atoms. The maximum absolute atomic E-state index is 11.9. The summed E-state index contributed by atoms with van der Waals surface area (Å²) in [6.45, 7) is 1.98. The van der Waals surface area contributed by atoms with Crippen molar-refractivity contribution in [1.29, 1.82) is 0 Å². The fourth-order valence-electron chi connectivity index (χ4n) is 1.93. The van der Waals surface area contributed by atoms with Gasteiger partial charge in [0.25, 0.3) is 0 Å². The monoisotopic (exact) mass is 373 g/mol. The summed E-state index contributed by atoms with van der Waals surface area (Å²) in [6, 6.07) is 14.8. The largest absolute Gasteiger partial charge is 0.329 e. The van der Waals surface area contributed by atoms with E-state index in [1.165, 1.54) is 6.21 Å². The molecular weight excluding hydrogens is 358 g/mol. The third-order valence-electron chi connectivity index (χ3n) is 3.08. The van der Waals surface area contributed by atoms with Crippen molar-refractivity contribution < 1.29 is 9.59 Å². The molecule has 2 aromatic rings. The van der Waals surface area contributed by atoms with Crippen LogP contribution in [-0.4, -0.2) is 18.0 Å². The number of carbonyl (C=O) groups excluding carboxylic acids is 2. The second-order valence-electron chi connectivity index (χ2n) is 4.72. The average molecular weight is 374 g/mol. The first-order chi connectivity index (χ1) is 11.1. The van der Waals surface area contributed by atoms with Crippen LogP contribution < -0.4 is 10.7 Å². The molecule has 0 radical (unpaired) electrons. The first kappa shape index (κ1) is 16.9. The molecule has 2 amide bonds. The number of aryl methyl sites for hydroxylation is 1. The number of hydrazone groups is 1. The van der Waals surface area contributed by atoms with Crippen LogP contribution in [0.15, 0.2) is 58.1 Å². The molecule has 0 aromatic heterocycles. The van der Waals surface area contributed by atoms with E-state index in [1.807, 2.05) is 43.3 Å². The predicted molar refractivity (Wildman–Crippen MR) is 94.3 cm³/mol. The summed E-state index contributed by atoms with van der Waals surface area (Å²) in [7, 11) is 0. The van der Waals surface area contributed by atoms with E-state index in [2.05, 4.69) is 31.8 Å². The Kier molecular flexibility index (Phi) is 6.05. The van der Waals surface area contributed by atoms with E-state index >= 15 is 0 Å². The molecular formula is C17H16BrN3O2. The molecule has 2 aromatic carbocycles. The molecule has 0 heterocycles. The molecule has 118 valence electrons. The maximum atomic E-state index is 11.9. The van der Waals surface area contributed by atoms with Crippen LogP contribution in [0.25, 0.3) is 0 Å². The van der Waals surface area contributed by atoms with Gasteiger partial charge in [0, 0.05) is 10.2 Å². The van der Waals surface area contributed by atoms with Gasteiger partial charge in [0.1, 0.15) is 0 Å². The van der Waals surface area contributed by atoms with Crippen molar-refractivity contribution in [3.05, 3.63) is 64.1 Å². The van der Waals surface area contributed by atoms with Crippen molar-refractivity contribution in [2.24, 2.45) is 5.10 Å². The van der Waals surface area contributed by atoms with Gasteiger partial charge in [-0.05, 0) is 35.7 Å². The van der Waals surface area contributed by atoms with Gasteiger partial charge in [0.15, 0.2) is 0 Å². The number of rotatable bonds is 4. The zero-order chi connectivity index (χ0) is 16.7. The quantitative estimate of drug-likeness (QED) is 0.491. The fourth-order valence-corrected chi connectivity index (χ4v) is 2.35. The molecule has 2 N–H and O–H groups in total. The third kappa shape index (κ3) is 5.03. The number of para-hydroxylation sites is 1. The lowest BCUT2D eigenvalue weighted by Crippen LogP contribution is -2.32. The number of hydrogen-bond donors (Lipinski definition) is 2. The number of nitrogens with zero attached hydrogens (tertiary/aromatic N) is 1. The lowest BCUT2D eigenvalue weighted by atomic mass is 10.1. The molecule has 0 spiro atoms. The van der Waals surface area contributed by atoms with Gasteiger partial charge < -0.3 is 5.32 Å². The number of nitrogens with one attached hydrogen (secondary N) is 2. The summed E-state index contributed by atoms with van der Waals surface area (Å²) in [5.74, 6) is -1.57.